The molecule has 3 rings (SSSR count). The Balaban J connectivity index is 1.79. The molecular weight excluding hydrogens is 345 g/mol. The van der Waals surface area contributed by atoms with E-state index in [9.17, 15) is 9.18 Å². The molecular formula is C19H15ClFNOS. The van der Waals surface area contributed by atoms with Crippen LogP contribution in [-0.2, 0) is 0 Å². The Kier molecular flexibility index (Phi) is 5.28. The van der Waals surface area contributed by atoms with E-state index in [1.54, 1.807) is 23.5 Å². The molecule has 1 heterocycles. The highest BCUT2D eigenvalue weighted by Gasteiger charge is 2.18. The fourth-order valence-electron chi connectivity index (χ4n) is 2.40. The number of rotatable bonds is 6. The molecule has 0 aliphatic carbocycles. The van der Waals surface area contributed by atoms with Gasteiger partial charge in [-0.3, -0.25) is 4.79 Å². The number of ketones is 1. The molecule has 0 aliphatic rings. The first-order valence-electron chi connectivity index (χ1n) is 7.46. The first-order valence-corrected chi connectivity index (χ1v) is 8.72. The number of halogens is 2. The standard InChI is InChI=1S/C19H15ClFNOS/c20-14-5-9-16(10-6-14)22-17(19-2-1-11-24-19)12-18(23)13-3-7-15(21)8-4-13/h1-11,17,22H,12H2. The molecule has 3 aromatic rings. The lowest BCUT2D eigenvalue weighted by atomic mass is 10.0. The molecule has 0 spiro atoms. The average molecular weight is 360 g/mol. The first kappa shape index (κ1) is 16.7. The molecule has 1 N–H and O–H groups in total. The van der Waals surface area contributed by atoms with Crippen LogP contribution in [0.15, 0.2) is 66.0 Å². The summed E-state index contributed by atoms with van der Waals surface area (Å²) < 4.78 is 13.0. The molecule has 1 aromatic heterocycles. The van der Waals surface area contributed by atoms with Gasteiger partial charge in [0.05, 0.1) is 6.04 Å². The van der Waals surface area contributed by atoms with Crippen LogP contribution in [0, 0.1) is 5.82 Å². The Labute approximate surface area is 148 Å². The Hall–Kier alpha value is -2.17. The number of benzene rings is 2. The van der Waals surface area contributed by atoms with Gasteiger partial charge in [0.25, 0.3) is 0 Å². The molecule has 0 saturated carbocycles. The third-order valence-corrected chi connectivity index (χ3v) is 4.87. The quantitative estimate of drug-likeness (QED) is 0.549. The van der Waals surface area contributed by atoms with Crippen molar-refractivity contribution in [1.29, 1.82) is 0 Å². The smallest absolute Gasteiger partial charge is 0.165 e. The summed E-state index contributed by atoms with van der Waals surface area (Å²) in [5, 5.41) is 6.02. The second kappa shape index (κ2) is 7.60. The minimum absolute atomic E-state index is 0.0325. The molecule has 2 aromatic carbocycles. The molecule has 24 heavy (non-hydrogen) atoms. The van der Waals surface area contributed by atoms with Gasteiger partial charge in [0, 0.05) is 27.6 Å². The summed E-state index contributed by atoms with van der Waals surface area (Å²) in [7, 11) is 0. The fraction of sp³-hybridized carbons (Fsp3) is 0.105. The molecule has 5 heteroatoms. The van der Waals surface area contributed by atoms with Crippen molar-refractivity contribution in [3.8, 4) is 0 Å². The summed E-state index contributed by atoms with van der Waals surface area (Å²) in [5.41, 5.74) is 1.40. The molecule has 122 valence electrons. The molecule has 0 amide bonds. The van der Waals surface area contributed by atoms with Gasteiger partial charge < -0.3 is 5.32 Å². The van der Waals surface area contributed by atoms with Gasteiger partial charge >= 0.3 is 0 Å². The summed E-state index contributed by atoms with van der Waals surface area (Å²) >= 11 is 7.51. The van der Waals surface area contributed by atoms with Crippen LogP contribution in [0.1, 0.15) is 27.7 Å². The molecule has 1 unspecified atom stereocenters. The number of carbonyl (C=O) groups is 1. The van der Waals surface area contributed by atoms with E-state index in [1.165, 1.54) is 24.3 Å². The van der Waals surface area contributed by atoms with Gasteiger partial charge in [-0.05, 0) is 60.0 Å². The van der Waals surface area contributed by atoms with Gasteiger partial charge in [-0.1, -0.05) is 17.7 Å². The van der Waals surface area contributed by atoms with E-state index in [2.05, 4.69) is 5.32 Å². The summed E-state index contributed by atoms with van der Waals surface area (Å²) in [6, 6.07) is 16.8. The van der Waals surface area contributed by atoms with E-state index in [0.717, 1.165) is 10.6 Å². The van der Waals surface area contributed by atoms with Gasteiger partial charge in [-0.2, -0.15) is 0 Å². The SMILES string of the molecule is O=C(CC(Nc1ccc(Cl)cc1)c1cccs1)c1ccc(F)cc1. The van der Waals surface area contributed by atoms with Crippen LogP contribution in [0.3, 0.4) is 0 Å². The van der Waals surface area contributed by atoms with Crippen LogP contribution in [0.2, 0.25) is 5.02 Å². The third kappa shape index (κ3) is 4.22. The Bertz CT molecular complexity index is 800. The number of hydrogen-bond donors (Lipinski definition) is 1. The van der Waals surface area contributed by atoms with Gasteiger partial charge in [-0.25, -0.2) is 4.39 Å². The van der Waals surface area contributed by atoms with Crippen molar-refractivity contribution in [1.82, 2.24) is 0 Å². The summed E-state index contributed by atoms with van der Waals surface area (Å²) in [5.74, 6) is -0.379. The zero-order chi connectivity index (χ0) is 16.9. The topological polar surface area (TPSA) is 29.1 Å². The second-order valence-corrected chi connectivity index (χ2v) is 6.77. The lowest BCUT2D eigenvalue weighted by molar-refractivity contribution is 0.0977. The first-order chi connectivity index (χ1) is 11.6. The fourth-order valence-corrected chi connectivity index (χ4v) is 3.30. The lowest BCUT2D eigenvalue weighted by Crippen LogP contribution is -2.14. The van der Waals surface area contributed by atoms with E-state index >= 15 is 0 Å². The average Bonchev–Trinajstić information content (AvgIpc) is 3.11. The zero-order valence-corrected chi connectivity index (χ0v) is 14.3. The lowest BCUT2D eigenvalue weighted by Gasteiger charge is -2.18. The maximum atomic E-state index is 13.0. The molecule has 0 saturated heterocycles. The predicted octanol–water partition coefficient (Wildman–Crippen LogP) is 5.97. The van der Waals surface area contributed by atoms with E-state index in [1.807, 2.05) is 29.6 Å². The van der Waals surface area contributed by atoms with Crippen molar-refractivity contribution in [2.45, 2.75) is 12.5 Å². The van der Waals surface area contributed by atoms with Gasteiger partial charge in [0.2, 0.25) is 0 Å². The maximum Gasteiger partial charge on any atom is 0.165 e. The Morgan fingerprint density at radius 1 is 1.08 bits per heavy atom. The molecule has 0 bridgehead atoms. The molecule has 2 nitrogen and oxygen atoms in total. The number of carbonyl (C=O) groups excluding carboxylic acids is 1. The van der Waals surface area contributed by atoms with E-state index in [-0.39, 0.29) is 24.1 Å². The number of nitrogens with one attached hydrogen (secondary N) is 1. The number of thiophene rings is 1. The van der Waals surface area contributed by atoms with Crippen LogP contribution in [0.5, 0.6) is 0 Å². The highest BCUT2D eigenvalue weighted by atomic mass is 35.5. The largest absolute Gasteiger partial charge is 0.377 e. The van der Waals surface area contributed by atoms with E-state index < -0.39 is 0 Å². The third-order valence-electron chi connectivity index (χ3n) is 3.63. The zero-order valence-electron chi connectivity index (χ0n) is 12.7. The molecule has 0 fully saturated rings. The highest BCUT2D eigenvalue weighted by Crippen LogP contribution is 2.28. The molecule has 1 atom stereocenters. The number of anilines is 1. The second-order valence-electron chi connectivity index (χ2n) is 5.35. The molecule has 0 radical (unpaired) electrons. The van der Waals surface area contributed by atoms with Crippen LogP contribution < -0.4 is 5.32 Å². The van der Waals surface area contributed by atoms with Crippen LogP contribution in [0.4, 0.5) is 10.1 Å². The van der Waals surface area contributed by atoms with E-state index in [0.29, 0.717) is 10.6 Å². The Morgan fingerprint density at radius 3 is 2.42 bits per heavy atom. The monoisotopic (exact) mass is 359 g/mol. The Morgan fingerprint density at radius 2 is 1.79 bits per heavy atom. The van der Waals surface area contributed by atoms with Gasteiger partial charge in [-0.15, -0.1) is 11.3 Å². The maximum absolute atomic E-state index is 13.0. The van der Waals surface area contributed by atoms with Crippen molar-refractivity contribution in [2.24, 2.45) is 0 Å². The van der Waals surface area contributed by atoms with Crippen LogP contribution in [-0.4, -0.2) is 5.78 Å². The highest BCUT2D eigenvalue weighted by molar-refractivity contribution is 7.10. The van der Waals surface area contributed by atoms with Crippen molar-refractivity contribution in [2.75, 3.05) is 5.32 Å². The van der Waals surface area contributed by atoms with Crippen molar-refractivity contribution < 1.29 is 9.18 Å². The normalized spacial score (nSPS) is 11.9. The van der Waals surface area contributed by atoms with E-state index in [4.69, 9.17) is 11.6 Å². The van der Waals surface area contributed by atoms with Gasteiger partial charge in [0.1, 0.15) is 5.82 Å². The van der Waals surface area contributed by atoms with Crippen molar-refractivity contribution >= 4 is 34.4 Å². The predicted molar refractivity (Wildman–Crippen MR) is 97.5 cm³/mol. The summed E-state index contributed by atoms with van der Waals surface area (Å²) in [4.78, 5) is 13.6. The molecule has 0 aliphatic heterocycles. The van der Waals surface area contributed by atoms with Gasteiger partial charge in [0.15, 0.2) is 5.78 Å². The number of Topliss-reactive ketones (excluding diaryl/α,β-unsaturated/α-hetero) is 1. The summed E-state index contributed by atoms with van der Waals surface area (Å²) in [6.45, 7) is 0. The van der Waals surface area contributed by atoms with Crippen LogP contribution >= 0.6 is 22.9 Å². The number of hydrogen-bond acceptors (Lipinski definition) is 3. The van der Waals surface area contributed by atoms with Crippen molar-refractivity contribution in [3.63, 3.8) is 0 Å². The minimum Gasteiger partial charge on any atom is -0.377 e. The summed E-state index contributed by atoms with van der Waals surface area (Å²) in [6.07, 6.45) is 0.286. The van der Waals surface area contributed by atoms with Crippen molar-refractivity contribution in [3.05, 3.63) is 87.3 Å². The van der Waals surface area contributed by atoms with Crippen LogP contribution in [0.25, 0.3) is 0 Å². The minimum atomic E-state index is -0.347.